The lowest BCUT2D eigenvalue weighted by Crippen LogP contribution is -2.22. The van der Waals surface area contributed by atoms with E-state index in [4.69, 9.17) is 9.47 Å². The molecule has 2 aromatic carbocycles. The summed E-state index contributed by atoms with van der Waals surface area (Å²) < 4.78 is 24.3. The Balaban J connectivity index is 1.35. The monoisotopic (exact) mass is 408 g/mol. The minimum absolute atomic E-state index is 0.0108. The van der Waals surface area contributed by atoms with Crippen molar-refractivity contribution in [2.45, 2.75) is 32.7 Å². The molecule has 0 aliphatic heterocycles. The van der Waals surface area contributed by atoms with Gasteiger partial charge in [0.2, 0.25) is 11.8 Å². The van der Waals surface area contributed by atoms with Gasteiger partial charge in [0.1, 0.15) is 17.3 Å². The molecule has 0 saturated carbocycles. The van der Waals surface area contributed by atoms with Crippen molar-refractivity contribution in [2.24, 2.45) is 0 Å². The highest BCUT2D eigenvalue weighted by molar-refractivity contribution is 5.75. The number of rotatable bonds is 10. The quantitative estimate of drug-likeness (QED) is 0.469. The zero-order valence-corrected chi connectivity index (χ0v) is 16.9. The fraction of sp³-hybridized carbons (Fsp3) is 0.250. The molecule has 3 aromatic rings. The van der Waals surface area contributed by atoms with Crippen LogP contribution in [0.1, 0.15) is 30.4 Å². The highest BCUT2D eigenvalue weighted by Gasteiger charge is 2.05. The Morgan fingerprint density at radius 2 is 1.87 bits per heavy atom. The molecule has 0 spiro atoms. The maximum atomic E-state index is 13.0. The number of carbonyl (C=O) groups is 1. The van der Waals surface area contributed by atoms with E-state index in [0.717, 1.165) is 29.7 Å². The van der Waals surface area contributed by atoms with Crippen LogP contribution in [0, 0.1) is 12.7 Å². The Labute approximate surface area is 175 Å². The van der Waals surface area contributed by atoms with Crippen LogP contribution < -0.4 is 14.8 Å². The number of nitrogens with zero attached hydrogens (tertiary/aromatic N) is 1. The molecule has 6 heteroatoms. The lowest BCUT2D eigenvalue weighted by atomic mass is 10.2. The van der Waals surface area contributed by atoms with Crippen LogP contribution in [0.15, 0.2) is 66.9 Å². The first-order valence-corrected chi connectivity index (χ1v) is 9.93. The molecule has 5 nitrogen and oxygen atoms in total. The molecule has 0 fully saturated rings. The first-order valence-electron chi connectivity index (χ1n) is 9.93. The number of hydrogen-bond donors (Lipinski definition) is 1. The molecule has 0 radical (unpaired) electrons. The molecule has 156 valence electrons. The van der Waals surface area contributed by atoms with Crippen molar-refractivity contribution in [3.63, 3.8) is 0 Å². The minimum atomic E-state index is -0.325. The van der Waals surface area contributed by atoms with Crippen LogP contribution in [0.25, 0.3) is 0 Å². The summed E-state index contributed by atoms with van der Waals surface area (Å²) in [5.74, 6) is 1.41. The number of nitrogens with one attached hydrogen (secondary N) is 1. The number of hydrogen-bond acceptors (Lipinski definition) is 4. The fourth-order valence-electron chi connectivity index (χ4n) is 2.81. The Kier molecular flexibility index (Phi) is 7.78. The van der Waals surface area contributed by atoms with Gasteiger partial charge in [-0.3, -0.25) is 4.79 Å². The normalized spacial score (nSPS) is 10.5. The van der Waals surface area contributed by atoms with Crippen molar-refractivity contribution in [1.29, 1.82) is 0 Å². The number of amides is 1. The number of carbonyl (C=O) groups excluding carboxylic acids is 1. The predicted molar refractivity (Wildman–Crippen MR) is 113 cm³/mol. The van der Waals surface area contributed by atoms with Crippen LogP contribution in [-0.2, 0) is 11.3 Å². The smallest absolute Gasteiger partial charge is 0.220 e. The van der Waals surface area contributed by atoms with Crippen molar-refractivity contribution in [1.82, 2.24) is 10.3 Å². The molecular weight excluding hydrogens is 383 g/mol. The molecule has 1 heterocycles. The summed E-state index contributed by atoms with van der Waals surface area (Å²) in [5, 5.41) is 2.90. The van der Waals surface area contributed by atoms with Crippen LogP contribution in [0.4, 0.5) is 4.39 Å². The zero-order valence-electron chi connectivity index (χ0n) is 16.9. The second kappa shape index (κ2) is 11.0. The van der Waals surface area contributed by atoms with E-state index < -0.39 is 0 Å². The van der Waals surface area contributed by atoms with Gasteiger partial charge in [-0.2, -0.15) is 0 Å². The summed E-state index contributed by atoms with van der Waals surface area (Å²) in [6, 6.07) is 17.2. The van der Waals surface area contributed by atoms with Gasteiger partial charge in [-0.1, -0.05) is 12.1 Å². The molecule has 0 aliphatic carbocycles. The molecule has 0 aliphatic rings. The zero-order chi connectivity index (χ0) is 21.2. The predicted octanol–water partition coefficient (Wildman–Crippen LogP) is 5.19. The summed E-state index contributed by atoms with van der Waals surface area (Å²) >= 11 is 0. The number of aromatic nitrogens is 1. The lowest BCUT2D eigenvalue weighted by Gasteiger charge is -2.09. The Morgan fingerprint density at radius 1 is 1.03 bits per heavy atom. The molecule has 0 bridgehead atoms. The summed E-state index contributed by atoms with van der Waals surface area (Å²) in [7, 11) is 0. The van der Waals surface area contributed by atoms with Crippen molar-refractivity contribution in [3.8, 4) is 17.4 Å². The molecule has 0 atom stereocenters. The van der Waals surface area contributed by atoms with Gasteiger partial charge < -0.3 is 14.8 Å². The number of pyridine rings is 1. The highest BCUT2D eigenvalue weighted by Crippen LogP contribution is 2.20. The van der Waals surface area contributed by atoms with E-state index in [2.05, 4.69) is 10.3 Å². The topological polar surface area (TPSA) is 60.5 Å². The van der Waals surface area contributed by atoms with Crippen LogP contribution in [-0.4, -0.2) is 17.5 Å². The number of halogens is 1. The molecule has 1 amide bonds. The van der Waals surface area contributed by atoms with Gasteiger partial charge in [0, 0.05) is 25.2 Å². The maximum absolute atomic E-state index is 13.0. The summed E-state index contributed by atoms with van der Waals surface area (Å²) in [4.78, 5) is 16.2. The third kappa shape index (κ3) is 7.20. The second-order valence-corrected chi connectivity index (χ2v) is 6.96. The Hall–Kier alpha value is -3.41. The maximum Gasteiger partial charge on any atom is 0.220 e. The number of ether oxygens (including phenoxy) is 2. The Morgan fingerprint density at radius 3 is 2.67 bits per heavy atom. The van der Waals surface area contributed by atoms with E-state index in [1.54, 1.807) is 12.3 Å². The van der Waals surface area contributed by atoms with Crippen molar-refractivity contribution < 1.29 is 18.7 Å². The van der Waals surface area contributed by atoms with Crippen molar-refractivity contribution in [2.75, 3.05) is 6.61 Å². The van der Waals surface area contributed by atoms with Crippen LogP contribution in [0.2, 0.25) is 0 Å². The summed E-state index contributed by atoms with van der Waals surface area (Å²) in [6.45, 7) is 3.00. The molecule has 30 heavy (non-hydrogen) atoms. The van der Waals surface area contributed by atoms with Crippen molar-refractivity contribution in [3.05, 3.63) is 83.8 Å². The van der Waals surface area contributed by atoms with Gasteiger partial charge in [0.25, 0.3) is 0 Å². The standard InChI is InChI=1S/C24H25FN2O3/c1-18-5-4-6-22(15-18)29-14-3-2-7-23(28)27-17-19-12-13-26-24(16-19)30-21-10-8-20(25)9-11-21/h4-6,8-13,15-16H,2-3,7,14,17H2,1H3,(H,27,28). The average Bonchev–Trinajstić information content (AvgIpc) is 2.74. The first-order chi connectivity index (χ1) is 14.6. The van der Waals surface area contributed by atoms with Gasteiger partial charge in [-0.05, 0) is 73.4 Å². The molecule has 1 N–H and O–H groups in total. The molecule has 1 aromatic heterocycles. The van der Waals surface area contributed by atoms with Crippen LogP contribution >= 0.6 is 0 Å². The molecule has 3 rings (SSSR count). The number of benzene rings is 2. The number of unbranched alkanes of at least 4 members (excludes halogenated alkanes) is 1. The minimum Gasteiger partial charge on any atom is -0.494 e. The van der Waals surface area contributed by atoms with Gasteiger partial charge in [0.05, 0.1) is 6.61 Å². The average molecular weight is 408 g/mol. The van der Waals surface area contributed by atoms with Gasteiger partial charge in [0.15, 0.2) is 0 Å². The lowest BCUT2D eigenvalue weighted by molar-refractivity contribution is -0.121. The van der Waals surface area contributed by atoms with Crippen LogP contribution in [0.5, 0.6) is 17.4 Å². The van der Waals surface area contributed by atoms with Crippen LogP contribution in [0.3, 0.4) is 0 Å². The first kappa shape index (κ1) is 21.3. The molecular formula is C24H25FN2O3. The Bertz CT molecular complexity index is 961. The van der Waals surface area contributed by atoms with Gasteiger partial charge in [-0.15, -0.1) is 0 Å². The van der Waals surface area contributed by atoms with E-state index in [0.29, 0.717) is 31.2 Å². The van der Waals surface area contributed by atoms with E-state index >= 15 is 0 Å². The molecule has 0 unspecified atom stereocenters. The fourth-order valence-corrected chi connectivity index (χ4v) is 2.81. The largest absolute Gasteiger partial charge is 0.494 e. The van der Waals surface area contributed by atoms with E-state index in [1.165, 1.54) is 24.3 Å². The number of aryl methyl sites for hydroxylation is 1. The third-order valence-electron chi connectivity index (χ3n) is 4.38. The van der Waals surface area contributed by atoms with Gasteiger partial charge in [-0.25, -0.2) is 9.37 Å². The highest BCUT2D eigenvalue weighted by atomic mass is 19.1. The summed E-state index contributed by atoms with van der Waals surface area (Å²) in [6.07, 6.45) is 3.63. The van der Waals surface area contributed by atoms with E-state index in [9.17, 15) is 9.18 Å². The van der Waals surface area contributed by atoms with Crippen molar-refractivity contribution >= 4 is 5.91 Å². The van der Waals surface area contributed by atoms with E-state index in [1.807, 2.05) is 37.3 Å². The third-order valence-corrected chi connectivity index (χ3v) is 4.38. The van der Waals surface area contributed by atoms with Gasteiger partial charge >= 0.3 is 0 Å². The molecule has 0 saturated heterocycles. The SMILES string of the molecule is Cc1cccc(OCCCCC(=O)NCc2ccnc(Oc3ccc(F)cc3)c2)c1. The second-order valence-electron chi connectivity index (χ2n) is 6.96. The summed E-state index contributed by atoms with van der Waals surface area (Å²) in [5.41, 5.74) is 2.03. The van der Waals surface area contributed by atoms with E-state index in [-0.39, 0.29) is 11.7 Å².